The number of benzene rings is 3. The number of hydrogen-bond donors (Lipinski definition) is 1. The summed E-state index contributed by atoms with van der Waals surface area (Å²) >= 11 is 1.49. The van der Waals surface area contributed by atoms with Gasteiger partial charge in [-0.05, 0) is 36.2 Å². The zero-order chi connectivity index (χ0) is 20.6. The van der Waals surface area contributed by atoms with Crippen LogP contribution in [0.3, 0.4) is 0 Å². The van der Waals surface area contributed by atoms with Crippen LogP contribution in [0.25, 0.3) is 0 Å². The highest BCUT2D eigenvalue weighted by Gasteiger charge is 2.21. The maximum atomic E-state index is 13.0. The maximum Gasteiger partial charge on any atom is 0.233 e. The van der Waals surface area contributed by atoms with Crippen molar-refractivity contribution in [1.82, 2.24) is 5.32 Å². The Kier molecular flexibility index (Phi) is 7.19. The summed E-state index contributed by atoms with van der Waals surface area (Å²) in [4.78, 5) is 13.9. The molecule has 1 atom stereocenters. The Morgan fingerprint density at radius 3 is 1.90 bits per heavy atom. The summed E-state index contributed by atoms with van der Waals surface area (Å²) in [5.74, 6) is 1.29. The van der Waals surface area contributed by atoms with Crippen molar-refractivity contribution in [2.45, 2.75) is 23.1 Å². The van der Waals surface area contributed by atoms with Gasteiger partial charge in [-0.3, -0.25) is 4.79 Å². The number of carbonyl (C=O) groups is 1. The molecule has 3 rings (SSSR count). The van der Waals surface area contributed by atoms with Gasteiger partial charge < -0.3 is 14.8 Å². The molecule has 0 aliphatic carbocycles. The first kappa shape index (κ1) is 20.8. The monoisotopic (exact) mass is 407 g/mol. The molecule has 0 aliphatic heterocycles. The number of carbonyl (C=O) groups excluding carboxylic acids is 1. The summed E-state index contributed by atoms with van der Waals surface area (Å²) in [5.41, 5.74) is 2.10. The van der Waals surface area contributed by atoms with E-state index in [2.05, 4.69) is 5.32 Å². The number of rotatable bonds is 8. The lowest BCUT2D eigenvalue weighted by Gasteiger charge is -2.22. The Morgan fingerprint density at radius 2 is 1.38 bits per heavy atom. The van der Waals surface area contributed by atoms with Gasteiger partial charge in [-0.25, -0.2) is 0 Å². The van der Waals surface area contributed by atoms with Crippen molar-refractivity contribution in [3.8, 4) is 11.5 Å². The summed E-state index contributed by atoms with van der Waals surface area (Å²) < 4.78 is 10.6. The maximum absolute atomic E-state index is 13.0. The predicted octanol–water partition coefficient (Wildman–Crippen LogP) is 5.09. The van der Waals surface area contributed by atoms with E-state index < -0.39 is 0 Å². The molecule has 0 saturated carbocycles. The third-order valence-corrected chi connectivity index (χ3v) is 5.68. The van der Waals surface area contributed by atoms with Crippen LogP contribution in [-0.4, -0.2) is 25.4 Å². The Labute approximate surface area is 176 Å². The van der Waals surface area contributed by atoms with Gasteiger partial charge in [0.15, 0.2) is 11.5 Å². The molecule has 3 aromatic carbocycles. The third kappa shape index (κ3) is 5.33. The molecule has 0 aromatic heterocycles. The van der Waals surface area contributed by atoms with Gasteiger partial charge in [0.05, 0.1) is 25.5 Å². The van der Waals surface area contributed by atoms with Crippen LogP contribution < -0.4 is 14.8 Å². The van der Waals surface area contributed by atoms with Crippen molar-refractivity contribution in [3.63, 3.8) is 0 Å². The molecule has 1 amide bonds. The van der Waals surface area contributed by atoms with E-state index in [9.17, 15) is 4.79 Å². The molecule has 0 spiro atoms. The van der Waals surface area contributed by atoms with Gasteiger partial charge in [-0.15, -0.1) is 11.8 Å². The highest BCUT2D eigenvalue weighted by atomic mass is 32.2. The van der Waals surface area contributed by atoms with Crippen LogP contribution in [0, 0.1) is 0 Å². The molecule has 5 heteroatoms. The van der Waals surface area contributed by atoms with Crippen LogP contribution >= 0.6 is 11.8 Å². The smallest absolute Gasteiger partial charge is 0.233 e. The van der Waals surface area contributed by atoms with E-state index in [1.54, 1.807) is 14.2 Å². The second-order valence-corrected chi connectivity index (χ2v) is 7.95. The van der Waals surface area contributed by atoms with Crippen molar-refractivity contribution < 1.29 is 14.3 Å². The lowest BCUT2D eigenvalue weighted by Crippen LogP contribution is -2.34. The van der Waals surface area contributed by atoms with Crippen molar-refractivity contribution in [1.29, 1.82) is 0 Å². The summed E-state index contributed by atoms with van der Waals surface area (Å²) in [6.45, 7) is 1.91. The Bertz CT molecular complexity index is 892. The van der Waals surface area contributed by atoms with Gasteiger partial charge in [0, 0.05) is 4.90 Å². The number of hydrogen-bond acceptors (Lipinski definition) is 4. The van der Waals surface area contributed by atoms with E-state index in [1.807, 2.05) is 85.8 Å². The first-order valence-corrected chi connectivity index (χ1v) is 10.3. The minimum atomic E-state index is -0.275. The van der Waals surface area contributed by atoms with Gasteiger partial charge in [-0.2, -0.15) is 0 Å². The Morgan fingerprint density at radius 1 is 0.828 bits per heavy atom. The zero-order valence-corrected chi connectivity index (χ0v) is 17.6. The molecule has 3 aromatic rings. The predicted molar refractivity (Wildman–Crippen MR) is 118 cm³/mol. The number of nitrogens with one attached hydrogen (secondary N) is 1. The van der Waals surface area contributed by atoms with Crippen molar-refractivity contribution in [2.24, 2.45) is 0 Å². The minimum absolute atomic E-state index is 0.0255. The SMILES string of the molecule is COc1ccc(SC(C)C(=O)NC(c2ccccc2)c2ccccc2)cc1OC. The highest BCUT2D eigenvalue weighted by molar-refractivity contribution is 8.00. The molecule has 1 N–H and O–H groups in total. The average molecular weight is 408 g/mol. The second-order valence-electron chi connectivity index (χ2n) is 6.54. The van der Waals surface area contributed by atoms with Crippen LogP contribution in [0.5, 0.6) is 11.5 Å². The molecule has 150 valence electrons. The van der Waals surface area contributed by atoms with Crippen LogP contribution in [0.1, 0.15) is 24.1 Å². The van der Waals surface area contributed by atoms with Crippen LogP contribution in [0.15, 0.2) is 83.8 Å². The average Bonchev–Trinajstić information content (AvgIpc) is 2.78. The lowest BCUT2D eigenvalue weighted by atomic mass is 9.98. The van der Waals surface area contributed by atoms with Crippen molar-refractivity contribution >= 4 is 17.7 Å². The third-order valence-electron chi connectivity index (χ3n) is 4.59. The number of thioether (sulfide) groups is 1. The summed E-state index contributed by atoms with van der Waals surface area (Å²) in [6, 6.07) is 25.5. The van der Waals surface area contributed by atoms with Gasteiger partial charge in [0.25, 0.3) is 0 Å². The molecule has 0 saturated heterocycles. The molecule has 4 nitrogen and oxygen atoms in total. The number of methoxy groups -OCH3 is 2. The number of amides is 1. The largest absolute Gasteiger partial charge is 0.493 e. The van der Waals surface area contributed by atoms with Crippen LogP contribution in [0.2, 0.25) is 0 Å². The molecule has 29 heavy (non-hydrogen) atoms. The summed E-state index contributed by atoms with van der Waals surface area (Å²) in [6.07, 6.45) is 0. The zero-order valence-electron chi connectivity index (χ0n) is 16.8. The molecule has 0 bridgehead atoms. The van der Waals surface area contributed by atoms with E-state index in [0.717, 1.165) is 16.0 Å². The number of ether oxygens (including phenoxy) is 2. The first-order valence-electron chi connectivity index (χ1n) is 9.41. The first-order chi connectivity index (χ1) is 14.1. The fraction of sp³-hybridized carbons (Fsp3) is 0.208. The van der Waals surface area contributed by atoms with Crippen molar-refractivity contribution in [3.05, 3.63) is 90.0 Å². The molecule has 0 radical (unpaired) electrons. The summed E-state index contributed by atoms with van der Waals surface area (Å²) in [7, 11) is 3.21. The lowest BCUT2D eigenvalue weighted by molar-refractivity contribution is -0.120. The highest BCUT2D eigenvalue weighted by Crippen LogP contribution is 2.34. The topological polar surface area (TPSA) is 47.6 Å². The quantitative estimate of drug-likeness (QED) is 0.529. The van der Waals surface area contributed by atoms with E-state index in [4.69, 9.17) is 9.47 Å². The van der Waals surface area contributed by atoms with E-state index in [-0.39, 0.29) is 17.2 Å². The second kappa shape index (κ2) is 10.0. The molecule has 0 fully saturated rings. The molecule has 0 aliphatic rings. The summed E-state index contributed by atoms with van der Waals surface area (Å²) in [5, 5.41) is 2.93. The van der Waals surface area contributed by atoms with E-state index in [1.165, 1.54) is 11.8 Å². The van der Waals surface area contributed by atoms with Crippen LogP contribution in [-0.2, 0) is 4.79 Å². The van der Waals surface area contributed by atoms with Gasteiger partial charge in [0.2, 0.25) is 5.91 Å². The van der Waals surface area contributed by atoms with Gasteiger partial charge in [-0.1, -0.05) is 60.7 Å². The normalized spacial score (nSPS) is 11.7. The minimum Gasteiger partial charge on any atom is -0.493 e. The standard InChI is InChI=1S/C24H25NO3S/c1-17(29-20-14-15-21(27-2)22(16-20)28-3)24(26)25-23(18-10-6-4-7-11-18)19-12-8-5-9-13-19/h4-17,23H,1-3H3,(H,25,26). The molecular formula is C24H25NO3S. The van der Waals surface area contributed by atoms with Crippen molar-refractivity contribution in [2.75, 3.05) is 14.2 Å². The molecular weight excluding hydrogens is 382 g/mol. The fourth-order valence-corrected chi connectivity index (χ4v) is 3.96. The van der Waals surface area contributed by atoms with Gasteiger partial charge in [0.1, 0.15) is 0 Å². The Hall–Kier alpha value is -2.92. The molecule has 0 heterocycles. The fourth-order valence-electron chi connectivity index (χ4n) is 3.06. The Balaban J connectivity index is 1.76. The molecule has 1 unspecified atom stereocenters. The van der Waals surface area contributed by atoms with Gasteiger partial charge >= 0.3 is 0 Å². The van der Waals surface area contributed by atoms with E-state index in [0.29, 0.717) is 11.5 Å². The van der Waals surface area contributed by atoms with Crippen LogP contribution in [0.4, 0.5) is 0 Å². The van der Waals surface area contributed by atoms with E-state index >= 15 is 0 Å².